The first-order chi connectivity index (χ1) is 9.58. The fraction of sp³-hybridized carbons (Fsp3) is 0.562. The summed E-state index contributed by atoms with van der Waals surface area (Å²) in [6.07, 6.45) is 4.67. The number of carbonyl (C=O) groups is 1. The minimum atomic E-state index is -0.408. The number of ketones is 1. The van der Waals surface area contributed by atoms with Gasteiger partial charge in [-0.15, -0.1) is 0 Å². The lowest BCUT2D eigenvalue weighted by molar-refractivity contribution is 0.101. The second kappa shape index (κ2) is 6.84. The van der Waals surface area contributed by atoms with Crippen LogP contribution in [0.4, 0.5) is 4.39 Å². The van der Waals surface area contributed by atoms with Crippen LogP contribution in [0.2, 0.25) is 0 Å². The van der Waals surface area contributed by atoms with Gasteiger partial charge in [-0.25, -0.2) is 4.39 Å². The van der Waals surface area contributed by atoms with E-state index in [1.165, 1.54) is 44.4 Å². The molecule has 1 heterocycles. The van der Waals surface area contributed by atoms with Crippen LogP contribution in [0.3, 0.4) is 0 Å². The van der Waals surface area contributed by atoms with E-state index in [4.69, 9.17) is 4.74 Å². The molecule has 20 heavy (non-hydrogen) atoms. The van der Waals surface area contributed by atoms with Gasteiger partial charge in [-0.2, -0.15) is 0 Å². The van der Waals surface area contributed by atoms with Crippen LogP contribution < -0.4 is 4.74 Å². The van der Waals surface area contributed by atoms with Crippen LogP contribution in [-0.4, -0.2) is 36.9 Å². The van der Waals surface area contributed by atoms with Crippen molar-refractivity contribution in [2.75, 3.05) is 20.2 Å². The fourth-order valence-corrected chi connectivity index (χ4v) is 2.72. The Bertz CT molecular complexity index is 476. The third-order valence-electron chi connectivity index (χ3n) is 3.95. The Morgan fingerprint density at radius 2 is 2.25 bits per heavy atom. The van der Waals surface area contributed by atoms with Crippen molar-refractivity contribution in [3.63, 3.8) is 0 Å². The molecule has 0 amide bonds. The molecule has 1 aliphatic rings. The molecule has 0 spiro atoms. The Morgan fingerprint density at radius 3 is 2.95 bits per heavy atom. The van der Waals surface area contributed by atoms with Gasteiger partial charge in [0.25, 0.3) is 0 Å². The maximum absolute atomic E-state index is 13.2. The molecule has 1 aromatic rings. The standard InChI is InChI=1S/C16H22FNO2/c1-12(19)15-11-13(17)6-7-16(15)20-10-8-14-5-3-4-9-18(14)2/h6-7,11,14H,3-5,8-10H2,1-2H3. The lowest BCUT2D eigenvalue weighted by Gasteiger charge is -2.32. The highest BCUT2D eigenvalue weighted by atomic mass is 19.1. The largest absolute Gasteiger partial charge is 0.493 e. The number of ether oxygens (including phenoxy) is 1. The van der Waals surface area contributed by atoms with Gasteiger partial charge in [0.15, 0.2) is 5.78 Å². The number of benzene rings is 1. The second-order valence-electron chi connectivity index (χ2n) is 5.46. The summed E-state index contributed by atoms with van der Waals surface area (Å²) in [5.41, 5.74) is 0.321. The van der Waals surface area contributed by atoms with Crippen molar-refractivity contribution in [3.8, 4) is 5.75 Å². The molecule has 1 fully saturated rings. The predicted molar refractivity (Wildman–Crippen MR) is 76.8 cm³/mol. The molecule has 1 aromatic carbocycles. The number of halogens is 1. The molecule has 0 N–H and O–H groups in total. The maximum Gasteiger partial charge on any atom is 0.163 e. The molecule has 1 aliphatic heterocycles. The minimum Gasteiger partial charge on any atom is -0.493 e. The van der Waals surface area contributed by atoms with Gasteiger partial charge in [-0.3, -0.25) is 4.79 Å². The smallest absolute Gasteiger partial charge is 0.163 e. The summed E-state index contributed by atoms with van der Waals surface area (Å²) in [7, 11) is 2.14. The zero-order valence-corrected chi connectivity index (χ0v) is 12.2. The quantitative estimate of drug-likeness (QED) is 0.775. The Morgan fingerprint density at radius 1 is 1.45 bits per heavy atom. The van der Waals surface area contributed by atoms with E-state index in [0.717, 1.165) is 13.0 Å². The molecule has 0 aliphatic carbocycles. The molecule has 1 atom stereocenters. The van der Waals surface area contributed by atoms with Crippen LogP contribution >= 0.6 is 0 Å². The summed E-state index contributed by atoms with van der Waals surface area (Å²) >= 11 is 0. The Kier molecular flexibility index (Phi) is 5.12. The van der Waals surface area contributed by atoms with Gasteiger partial charge in [0.2, 0.25) is 0 Å². The molecular formula is C16H22FNO2. The number of nitrogens with zero attached hydrogens (tertiary/aromatic N) is 1. The highest BCUT2D eigenvalue weighted by molar-refractivity contribution is 5.96. The molecule has 1 unspecified atom stereocenters. The number of Topliss-reactive ketones (excluding diaryl/α,β-unsaturated/α-hetero) is 1. The SMILES string of the molecule is CC(=O)c1cc(F)ccc1OCCC1CCCCN1C. The Labute approximate surface area is 119 Å². The maximum atomic E-state index is 13.2. The van der Waals surface area contributed by atoms with Gasteiger partial charge in [0, 0.05) is 6.04 Å². The van der Waals surface area contributed by atoms with Crippen molar-refractivity contribution in [1.82, 2.24) is 4.90 Å². The van der Waals surface area contributed by atoms with E-state index in [2.05, 4.69) is 11.9 Å². The number of rotatable bonds is 5. The molecule has 2 rings (SSSR count). The molecule has 0 aromatic heterocycles. The minimum absolute atomic E-state index is 0.172. The molecule has 1 saturated heterocycles. The van der Waals surface area contributed by atoms with Crippen LogP contribution in [0.1, 0.15) is 43.0 Å². The average molecular weight is 279 g/mol. The monoisotopic (exact) mass is 279 g/mol. The van der Waals surface area contributed by atoms with E-state index in [1.807, 2.05) is 0 Å². The second-order valence-corrected chi connectivity index (χ2v) is 5.46. The highest BCUT2D eigenvalue weighted by Gasteiger charge is 2.19. The average Bonchev–Trinajstić information content (AvgIpc) is 2.42. The lowest BCUT2D eigenvalue weighted by Crippen LogP contribution is -2.37. The van der Waals surface area contributed by atoms with Gasteiger partial charge in [0.1, 0.15) is 11.6 Å². The van der Waals surface area contributed by atoms with Crippen molar-refractivity contribution in [2.45, 2.75) is 38.6 Å². The molecule has 110 valence electrons. The highest BCUT2D eigenvalue weighted by Crippen LogP contribution is 2.22. The number of hydrogen-bond acceptors (Lipinski definition) is 3. The molecule has 0 bridgehead atoms. The molecule has 0 saturated carbocycles. The summed E-state index contributed by atoms with van der Waals surface area (Å²) in [5, 5.41) is 0. The summed E-state index contributed by atoms with van der Waals surface area (Å²) in [5.74, 6) is -0.0961. The summed E-state index contributed by atoms with van der Waals surface area (Å²) in [4.78, 5) is 13.8. The normalized spacial score (nSPS) is 19.9. The summed E-state index contributed by atoms with van der Waals surface area (Å²) in [6.45, 7) is 3.12. The first kappa shape index (κ1) is 15.0. The van der Waals surface area contributed by atoms with E-state index >= 15 is 0 Å². The van der Waals surface area contributed by atoms with Crippen molar-refractivity contribution in [2.24, 2.45) is 0 Å². The van der Waals surface area contributed by atoms with Gasteiger partial charge >= 0.3 is 0 Å². The number of hydrogen-bond donors (Lipinski definition) is 0. The van der Waals surface area contributed by atoms with Crippen LogP contribution in [0.15, 0.2) is 18.2 Å². The molecule has 4 heteroatoms. The zero-order valence-electron chi connectivity index (χ0n) is 12.2. The number of piperidine rings is 1. The van der Waals surface area contributed by atoms with Crippen molar-refractivity contribution >= 4 is 5.78 Å². The van der Waals surface area contributed by atoms with E-state index in [-0.39, 0.29) is 5.78 Å². The van der Waals surface area contributed by atoms with E-state index in [9.17, 15) is 9.18 Å². The predicted octanol–water partition coefficient (Wildman–Crippen LogP) is 3.28. The molecule has 0 radical (unpaired) electrons. The zero-order chi connectivity index (χ0) is 14.5. The summed E-state index contributed by atoms with van der Waals surface area (Å²) in [6, 6.07) is 4.65. The van der Waals surface area contributed by atoms with E-state index in [0.29, 0.717) is 24.0 Å². The van der Waals surface area contributed by atoms with Crippen molar-refractivity contribution in [1.29, 1.82) is 0 Å². The van der Waals surface area contributed by atoms with Gasteiger partial charge in [-0.1, -0.05) is 6.42 Å². The van der Waals surface area contributed by atoms with Crippen molar-refractivity contribution in [3.05, 3.63) is 29.6 Å². The summed E-state index contributed by atoms with van der Waals surface area (Å²) < 4.78 is 18.8. The van der Waals surface area contributed by atoms with Crippen LogP contribution in [-0.2, 0) is 0 Å². The molecular weight excluding hydrogens is 257 g/mol. The van der Waals surface area contributed by atoms with Crippen LogP contribution in [0.25, 0.3) is 0 Å². The third kappa shape index (κ3) is 3.79. The van der Waals surface area contributed by atoms with Crippen molar-refractivity contribution < 1.29 is 13.9 Å². The van der Waals surface area contributed by atoms with E-state index in [1.54, 1.807) is 0 Å². The number of carbonyl (C=O) groups excluding carboxylic acids is 1. The lowest BCUT2D eigenvalue weighted by atomic mass is 10.0. The van der Waals surface area contributed by atoms with Gasteiger partial charge in [-0.05, 0) is 58.0 Å². The Hall–Kier alpha value is -1.42. The Balaban J connectivity index is 1.92. The first-order valence-corrected chi connectivity index (χ1v) is 7.21. The van der Waals surface area contributed by atoms with Crippen LogP contribution in [0.5, 0.6) is 5.75 Å². The van der Waals surface area contributed by atoms with E-state index < -0.39 is 5.82 Å². The van der Waals surface area contributed by atoms with Crippen LogP contribution in [0, 0.1) is 5.82 Å². The topological polar surface area (TPSA) is 29.5 Å². The van der Waals surface area contributed by atoms with Gasteiger partial charge < -0.3 is 9.64 Å². The molecule has 3 nitrogen and oxygen atoms in total. The third-order valence-corrected chi connectivity index (χ3v) is 3.95. The number of likely N-dealkylation sites (tertiary alicyclic amines) is 1. The van der Waals surface area contributed by atoms with Gasteiger partial charge in [0.05, 0.1) is 12.2 Å². The first-order valence-electron chi connectivity index (χ1n) is 7.21. The fourth-order valence-electron chi connectivity index (χ4n) is 2.72.